The van der Waals surface area contributed by atoms with Gasteiger partial charge in [-0.3, -0.25) is 0 Å². The Bertz CT molecular complexity index is 577. The van der Waals surface area contributed by atoms with E-state index in [-0.39, 0.29) is 0 Å². The quantitative estimate of drug-likeness (QED) is 0.938. The van der Waals surface area contributed by atoms with Crippen molar-refractivity contribution >= 4 is 15.9 Å². The Morgan fingerprint density at radius 2 is 2.37 bits per heavy atom. The number of aromatic nitrogens is 2. The zero-order valence-electron chi connectivity index (χ0n) is 11.1. The van der Waals surface area contributed by atoms with Crippen molar-refractivity contribution in [1.29, 1.82) is 0 Å². The number of nitrogens with one attached hydrogen (secondary N) is 1. The first-order valence-corrected chi connectivity index (χ1v) is 7.51. The largest absolute Gasteiger partial charge is 0.338 e. The predicted molar refractivity (Wildman–Crippen MR) is 80.1 cm³/mol. The molecule has 3 nitrogen and oxygen atoms in total. The van der Waals surface area contributed by atoms with E-state index in [1.54, 1.807) is 0 Å². The molecule has 2 aromatic rings. The van der Waals surface area contributed by atoms with E-state index in [1.807, 2.05) is 19.4 Å². The van der Waals surface area contributed by atoms with E-state index >= 15 is 0 Å². The van der Waals surface area contributed by atoms with Gasteiger partial charge < -0.3 is 9.88 Å². The third kappa shape index (κ3) is 2.74. The van der Waals surface area contributed by atoms with Crippen LogP contribution in [0.3, 0.4) is 0 Å². The summed E-state index contributed by atoms with van der Waals surface area (Å²) in [5.41, 5.74) is 2.94. The second-order valence-corrected chi connectivity index (χ2v) is 6.01. The molecule has 1 aliphatic carbocycles. The van der Waals surface area contributed by atoms with Crippen LogP contribution in [0, 0.1) is 0 Å². The van der Waals surface area contributed by atoms with Crippen LogP contribution < -0.4 is 5.32 Å². The smallest absolute Gasteiger partial charge is 0.109 e. The molecule has 1 heterocycles. The van der Waals surface area contributed by atoms with Crippen molar-refractivity contribution < 1.29 is 0 Å². The second-order valence-electron chi connectivity index (χ2n) is 5.09. The number of benzene rings is 1. The highest BCUT2D eigenvalue weighted by Crippen LogP contribution is 2.32. The van der Waals surface area contributed by atoms with Gasteiger partial charge in [0, 0.05) is 42.9 Å². The molecule has 0 radical (unpaired) electrons. The maximum absolute atomic E-state index is 4.35. The summed E-state index contributed by atoms with van der Waals surface area (Å²) >= 11 is 3.54. The first kappa shape index (κ1) is 12.9. The van der Waals surface area contributed by atoms with Crippen molar-refractivity contribution in [3.05, 3.63) is 52.0 Å². The summed E-state index contributed by atoms with van der Waals surface area (Å²) in [5, 5.41) is 3.65. The van der Waals surface area contributed by atoms with Crippen LogP contribution in [0.15, 0.2) is 35.1 Å². The lowest BCUT2D eigenvalue weighted by atomic mass is 10.1. The van der Waals surface area contributed by atoms with Crippen molar-refractivity contribution in [1.82, 2.24) is 14.9 Å². The van der Waals surface area contributed by atoms with Gasteiger partial charge >= 0.3 is 0 Å². The summed E-state index contributed by atoms with van der Waals surface area (Å²) in [4.78, 5) is 4.35. The molecule has 0 aliphatic heterocycles. The van der Waals surface area contributed by atoms with E-state index in [9.17, 15) is 0 Å². The Kier molecular flexibility index (Phi) is 3.71. The van der Waals surface area contributed by atoms with Gasteiger partial charge in [0.1, 0.15) is 5.82 Å². The average Bonchev–Trinajstić information content (AvgIpc) is 2.97. The highest BCUT2D eigenvalue weighted by atomic mass is 79.9. The Hall–Kier alpha value is -1.13. The lowest BCUT2D eigenvalue weighted by Gasteiger charge is -2.14. The van der Waals surface area contributed by atoms with E-state index in [0.717, 1.165) is 18.8 Å². The van der Waals surface area contributed by atoms with E-state index in [4.69, 9.17) is 0 Å². The van der Waals surface area contributed by atoms with Crippen molar-refractivity contribution in [2.75, 3.05) is 6.54 Å². The van der Waals surface area contributed by atoms with Gasteiger partial charge in [0.2, 0.25) is 0 Å². The molecule has 1 unspecified atom stereocenters. The number of fused-ring (bicyclic) bond motifs is 1. The molecule has 0 amide bonds. The van der Waals surface area contributed by atoms with Gasteiger partial charge in [-0.05, 0) is 36.1 Å². The number of hydrogen-bond donors (Lipinski definition) is 1. The van der Waals surface area contributed by atoms with Gasteiger partial charge in [0.05, 0.1) is 0 Å². The van der Waals surface area contributed by atoms with Crippen molar-refractivity contribution in [3.8, 4) is 0 Å². The van der Waals surface area contributed by atoms with E-state index in [2.05, 4.69) is 49.0 Å². The molecule has 0 fully saturated rings. The molecular weight excluding hydrogens is 302 g/mol. The molecule has 1 N–H and O–H groups in total. The molecule has 1 aliphatic rings. The highest BCUT2D eigenvalue weighted by Gasteiger charge is 2.21. The van der Waals surface area contributed by atoms with Gasteiger partial charge in [-0.2, -0.15) is 0 Å². The van der Waals surface area contributed by atoms with Gasteiger partial charge in [-0.15, -0.1) is 0 Å². The topological polar surface area (TPSA) is 29.9 Å². The Morgan fingerprint density at radius 3 is 3.16 bits per heavy atom. The van der Waals surface area contributed by atoms with E-state index in [1.165, 1.54) is 28.4 Å². The van der Waals surface area contributed by atoms with Crippen molar-refractivity contribution in [3.63, 3.8) is 0 Å². The summed E-state index contributed by atoms with van der Waals surface area (Å²) in [7, 11) is 2.05. The molecule has 1 atom stereocenters. The molecule has 1 aromatic heterocycles. The summed E-state index contributed by atoms with van der Waals surface area (Å²) in [6, 6.07) is 7.13. The summed E-state index contributed by atoms with van der Waals surface area (Å²) in [6.07, 6.45) is 7.21. The third-order valence-corrected chi connectivity index (χ3v) is 4.34. The van der Waals surface area contributed by atoms with Crippen molar-refractivity contribution in [2.45, 2.75) is 25.3 Å². The number of nitrogens with zero attached hydrogens (tertiary/aromatic N) is 2. The van der Waals surface area contributed by atoms with Gasteiger partial charge in [-0.1, -0.05) is 22.0 Å². The van der Waals surface area contributed by atoms with Gasteiger partial charge in [0.25, 0.3) is 0 Å². The van der Waals surface area contributed by atoms with Crippen molar-refractivity contribution in [2.24, 2.45) is 7.05 Å². The van der Waals surface area contributed by atoms with Crippen LogP contribution in [-0.4, -0.2) is 16.1 Å². The molecule has 0 bridgehead atoms. The number of imidazole rings is 1. The van der Waals surface area contributed by atoms with Crippen LogP contribution in [0.2, 0.25) is 0 Å². The molecule has 4 heteroatoms. The minimum atomic E-state index is 0.503. The normalized spacial score (nSPS) is 17.7. The number of halogens is 1. The Balaban J connectivity index is 1.60. The molecule has 0 saturated carbocycles. The number of aryl methyl sites for hydroxylation is 2. The standard InChI is InChI=1S/C15H18BrN3/c1-19-9-8-18-15(19)6-7-17-14-5-2-11-10-12(16)3-4-13(11)14/h3-4,8-10,14,17H,2,5-7H2,1H3. The zero-order chi connectivity index (χ0) is 13.2. The molecule has 3 rings (SSSR count). The summed E-state index contributed by atoms with van der Waals surface area (Å²) in [5.74, 6) is 1.14. The first-order chi connectivity index (χ1) is 9.24. The molecule has 0 saturated heterocycles. The minimum Gasteiger partial charge on any atom is -0.338 e. The maximum Gasteiger partial charge on any atom is 0.109 e. The Labute approximate surface area is 122 Å². The molecular formula is C15H18BrN3. The fourth-order valence-electron chi connectivity index (χ4n) is 2.79. The number of hydrogen-bond acceptors (Lipinski definition) is 2. The van der Waals surface area contributed by atoms with E-state index in [0.29, 0.717) is 6.04 Å². The molecule has 0 spiro atoms. The first-order valence-electron chi connectivity index (χ1n) is 6.72. The second kappa shape index (κ2) is 5.47. The van der Waals surface area contributed by atoms with Crippen LogP contribution in [0.5, 0.6) is 0 Å². The summed E-state index contributed by atoms with van der Waals surface area (Å²) in [6.45, 7) is 0.977. The fraction of sp³-hybridized carbons (Fsp3) is 0.400. The lowest BCUT2D eigenvalue weighted by molar-refractivity contribution is 0.526. The Morgan fingerprint density at radius 1 is 1.47 bits per heavy atom. The lowest BCUT2D eigenvalue weighted by Crippen LogP contribution is -2.22. The minimum absolute atomic E-state index is 0.503. The van der Waals surface area contributed by atoms with Crippen LogP contribution in [-0.2, 0) is 19.9 Å². The fourth-order valence-corrected chi connectivity index (χ4v) is 3.20. The van der Waals surface area contributed by atoms with Crippen LogP contribution >= 0.6 is 15.9 Å². The maximum atomic E-state index is 4.35. The average molecular weight is 320 g/mol. The molecule has 19 heavy (non-hydrogen) atoms. The number of rotatable bonds is 4. The van der Waals surface area contributed by atoms with Crippen LogP contribution in [0.4, 0.5) is 0 Å². The zero-order valence-corrected chi connectivity index (χ0v) is 12.7. The van der Waals surface area contributed by atoms with E-state index < -0.39 is 0 Å². The van der Waals surface area contributed by atoms with Gasteiger partial charge in [0.15, 0.2) is 0 Å². The van der Waals surface area contributed by atoms with Gasteiger partial charge in [-0.25, -0.2) is 4.98 Å². The highest BCUT2D eigenvalue weighted by molar-refractivity contribution is 9.10. The summed E-state index contributed by atoms with van der Waals surface area (Å²) < 4.78 is 3.27. The monoisotopic (exact) mass is 319 g/mol. The SMILES string of the molecule is Cn1ccnc1CCNC1CCc2cc(Br)ccc21. The third-order valence-electron chi connectivity index (χ3n) is 3.84. The predicted octanol–water partition coefficient (Wildman–Crippen LogP) is 3.00. The van der Waals surface area contributed by atoms with Crippen LogP contribution in [0.25, 0.3) is 0 Å². The molecule has 100 valence electrons. The molecule has 1 aromatic carbocycles. The van der Waals surface area contributed by atoms with Crippen LogP contribution in [0.1, 0.15) is 29.4 Å².